The van der Waals surface area contributed by atoms with Crippen LogP contribution in [0.1, 0.15) is 41.5 Å². The molecule has 0 saturated carbocycles. The van der Waals surface area contributed by atoms with Gasteiger partial charge in [0.1, 0.15) is 0 Å². The van der Waals surface area contributed by atoms with E-state index in [0.717, 1.165) is 12.8 Å². The molecule has 0 saturated heterocycles. The fourth-order valence-corrected chi connectivity index (χ4v) is 3.01. The fraction of sp³-hybridized carbons (Fsp3) is 0.571. The normalized spacial score (nSPS) is 12.2. The smallest absolute Gasteiger partial charge is 0.305 e. The zero-order chi connectivity index (χ0) is 14.4. The third-order valence-electron chi connectivity index (χ3n) is 2.88. The van der Waals surface area contributed by atoms with E-state index in [9.17, 15) is 9.59 Å². The molecule has 1 aromatic rings. The van der Waals surface area contributed by atoms with Gasteiger partial charge in [0, 0.05) is 22.2 Å². The van der Waals surface area contributed by atoms with E-state index >= 15 is 0 Å². The van der Waals surface area contributed by atoms with Crippen molar-refractivity contribution in [2.75, 3.05) is 0 Å². The first kappa shape index (κ1) is 15.7. The minimum absolute atomic E-state index is 0.0332. The topological polar surface area (TPSA) is 66.4 Å². The fourth-order valence-electron chi connectivity index (χ4n) is 2.03. The molecule has 0 fully saturated rings. The lowest BCUT2D eigenvalue weighted by atomic mass is 10.1. The van der Waals surface area contributed by atoms with E-state index in [-0.39, 0.29) is 18.4 Å². The van der Waals surface area contributed by atoms with Crippen molar-refractivity contribution < 1.29 is 14.7 Å². The first-order valence-electron chi connectivity index (χ1n) is 6.45. The van der Waals surface area contributed by atoms with Crippen LogP contribution in [0.3, 0.4) is 0 Å². The summed E-state index contributed by atoms with van der Waals surface area (Å²) in [7, 11) is 0. The number of aryl methyl sites for hydroxylation is 3. The number of amides is 1. The maximum Gasteiger partial charge on any atom is 0.305 e. The Morgan fingerprint density at radius 2 is 2.11 bits per heavy atom. The predicted octanol–water partition coefficient (Wildman–Crippen LogP) is 2.67. The summed E-state index contributed by atoms with van der Waals surface area (Å²) in [5.41, 5.74) is 1.31. The minimum atomic E-state index is -0.892. The molecule has 2 N–H and O–H groups in total. The van der Waals surface area contributed by atoms with Crippen molar-refractivity contribution >= 4 is 23.2 Å². The van der Waals surface area contributed by atoms with E-state index in [1.807, 2.05) is 0 Å². The van der Waals surface area contributed by atoms with Crippen LogP contribution in [0.2, 0.25) is 0 Å². The molecule has 0 aliphatic carbocycles. The summed E-state index contributed by atoms with van der Waals surface area (Å²) in [5.74, 6) is -0.962. The molecular formula is C14H21NO3S. The van der Waals surface area contributed by atoms with E-state index in [1.54, 1.807) is 18.3 Å². The summed E-state index contributed by atoms with van der Waals surface area (Å²) in [6, 6.07) is 1.86. The van der Waals surface area contributed by atoms with E-state index in [2.05, 4.69) is 25.2 Å². The Kier molecular flexibility index (Phi) is 6.02. The Morgan fingerprint density at radius 3 is 2.63 bits per heavy atom. The lowest BCUT2D eigenvalue weighted by Crippen LogP contribution is -2.34. The zero-order valence-electron chi connectivity index (χ0n) is 11.7. The number of rotatable bonds is 7. The predicted molar refractivity (Wildman–Crippen MR) is 76.6 cm³/mol. The van der Waals surface area contributed by atoms with Gasteiger partial charge in [-0.2, -0.15) is 0 Å². The minimum Gasteiger partial charge on any atom is -0.481 e. The first-order chi connectivity index (χ1) is 8.88. The van der Waals surface area contributed by atoms with Gasteiger partial charge in [-0.1, -0.05) is 0 Å². The van der Waals surface area contributed by atoms with Gasteiger partial charge in [0.2, 0.25) is 5.91 Å². The van der Waals surface area contributed by atoms with Crippen molar-refractivity contribution in [1.29, 1.82) is 0 Å². The molecule has 5 heteroatoms. The van der Waals surface area contributed by atoms with Crippen molar-refractivity contribution in [3.8, 4) is 0 Å². The second kappa shape index (κ2) is 7.28. The van der Waals surface area contributed by atoms with Gasteiger partial charge < -0.3 is 10.4 Å². The Balaban J connectivity index is 2.27. The molecule has 1 heterocycles. The Morgan fingerprint density at radius 1 is 1.42 bits per heavy atom. The Hall–Kier alpha value is -1.36. The van der Waals surface area contributed by atoms with Crippen LogP contribution in [-0.4, -0.2) is 23.0 Å². The van der Waals surface area contributed by atoms with Crippen LogP contribution < -0.4 is 5.32 Å². The lowest BCUT2D eigenvalue weighted by molar-refractivity contribution is -0.137. The van der Waals surface area contributed by atoms with Gasteiger partial charge in [-0.3, -0.25) is 9.59 Å². The molecule has 19 heavy (non-hydrogen) atoms. The molecule has 1 aromatic heterocycles. The summed E-state index contributed by atoms with van der Waals surface area (Å²) in [5, 5.41) is 11.3. The lowest BCUT2D eigenvalue weighted by Gasteiger charge is -2.11. The van der Waals surface area contributed by atoms with Gasteiger partial charge >= 0.3 is 5.97 Å². The van der Waals surface area contributed by atoms with Crippen molar-refractivity contribution in [2.45, 2.75) is 52.5 Å². The van der Waals surface area contributed by atoms with Gasteiger partial charge in [0.05, 0.1) is 6.42 Å². The second-order valence-corrected chi connectivity index (χ2v) is 6.32. The van der Waals surface area contributed by atoms with Gasteiger partial charge in [-0.15, -0.1) is 11.3 Å². The van der Waals surface area contributed by atoms with Crippen LogP contribution in [0.4, 0.5) is 0 Å². The van der Waals surface area contributed by atoms with Crippen molar-refractivity contribution in [3.63, 3.8) is 0 Å². The van der Waals surface area contributed by atoms with Gasteiger partial charge in [0.25, 0.3) is 0 Å². The van der Waals surface area contributed by atoms with Crippen LogP contribution >= 0.6 is 11.3 Å². The average molecular weight is 283 g/mol. The highest BCUT2D eigenvalue weighted by atomic mass is 32.1. The molecule has 4 nitrogen and oxygen atoms in total. The third-order valence-corrected chi connectivity index (χ3v) is 3.89. The molecule has 1 rings (SSSR count). The van der Waals surface area contributed by atoms with E-state index in [0.29, 0.717) is 6.42 Å². The van der Waals surface area contributed by atoms with Crippen LogP contribution in [0.15, 0.2) is 6.07 Å². The van der Waals surface area contributed by atoms with Gasteiger partial charge in [-0.05, 0) is 45.2 Å². The zero-order valence-corrected chi connectivity index (χ0v) is 12.5. The number of hydrogen-bond donors (Lipinski definition) is 2. The SMILES string of the molecule is Cc1cc(CCCC(=O)NC(C)CC(=O)O)c(C)s1. The van der Waals surface area contributed by atoms with E-state index in [1.165, 1.54) is 15.3 Å². The first-order valence-corrected chi connectivity index (χ1v) is 7.27. The second-order valence-electron chi connectivity index (χ2n) is 4.86. The molecule has 1 amide bonds. The van der Waals surface area contributed by atoms with E-state index < -0.39 is 5.97 Å². The molecular weight excluding hydrogens is 262 g/mol. The number of hydrogen-bond acceptors (Lipinski definition) is 3. The number of nitrogens with one attached hydrogen (secondary N) is 1. The maximum atomic E-state index is 11.6. The molecule has 0 radical (unpaired) electrons. The highest BCUT2D eigenvalue weighted by molar-refractivity contribution is 7.12. The average Bonchev–Trinajstić information content (AvgIpc) is 2.55. The molecule has 0 bridgehead atoms. The standard InChI is InChI=1S/C14H21NO3S/c1-9(7-14(17)18)15-13(16)6-4-5-12-8-10(2)19-11(12)3/h8-9H,4-7H2,1-3H3,(H,15,16)(H,17,18). The highest BCUT2D eigenvalue weighted by Crippen LogP contribution is 2.22. The van der Waals surface area contributed by atoms with E-state index in [4.69, 9.17) is 5.11 Å². The van der Waals surface area contributed by atoms with Crippen molar-refractivity contribution in [3.05, 3.63) is 21.4 Å². The number of carboxylic acids is 1. The third kappa shape index (κ3) is 5.87. The molecule has 1 unspecified atom stereocenters. The van der Waals surface area contributed by atoms with Gasteiger partial charge in [0.15, 0.2) is 0 Å². The molecule has 1 atom stereocenters. The van der Waals surface area contributed by atoms with Crippen molar-refractivity contribution in [1.82, 2.24) is 5.32 Å². The monoisotopic (exact) mass is 283 g/mol. The summed E-state index contributed by atoms with van der Waals surface area (Å²) in [6.45, 7) is 5.89. The summed E-state index contributed by atoms with van der Waals surface area (Å²) in [4.78, 5) is 24.7. The van der Waals surface area contributed by atoms with Crippen LogP contribution in [0.5, 0.6) is 0 Å². The number of carbonyl (C=O) groups is 2. The highest BCUT2D eigenvalue weighted by Gasteiger charge is 2.11. The Bertz CT molecular complexity index is 454. The number of aliphatic carboxylic acids is 1. The molecule has 0 aromatic carbocycles. The number of carbonyl (C=O) groups excluding carboxylic acids is 1. The molecule has 106 valence electrons. The number of thiophene rings is 1. The van der Waals surface area contributed by atoms with Crippen LogP contribution in [-0.2, 0) is 16.0 Å². The summed E-state index contributed by atoms with van der Waals surface area (Å²) < 4.78 is 0. The largest absolute Gasteiger partial charge is 0.481 e. The Labute approximate surface area is 117 Å². The quantitative estimate of drug-likeness (QED) is 0.808. The summed E-state index contributed by atoms with van der Waals surface area (Å²) >= 11 is 1.78. The maximum absolute atomic E-state index is 11.6. The molecule has 0 aliphatic rings. The van der Waals surface area contributed by atoms with Crippen LogP contribution in [0, 0.1) is 13.8 Å². The molecule has 0 aliphatic heterocycles. The number of carboxylic acid groups (broad SMARTS) is 1. The van der Waals surface area contributed by atoms with Crippen LogP contribution in [0.25, 0.3) is 0 Å². The van der Waals surface area contributed by atoms with Gasteiger partial charge in [-0.25, -0.2) is 0 Å². The van der Waals surface area contributed by atoms with Crippen molar-refractivity contribution in [2.24, 2.45) is 0 Å². The molecule has 0 spiro atoms. The summed E-state index contributed by atoms with van der Waals surface area (Å²) in [6.07, 6.45) is 2.10.